The van der Waals surface area contributed by atoms with Crippen molar-refractivity contribution >= 4 is 24.2 Å². The molecule has 0 aromatic heterocycles. The van der Waals surface area contributed by atoms with Gasteiger partial charge >= 0.3 is 0 Å². The maximum atomic E-state index is 12.8. The van der Waals surface area contributed by atoms with E-state index in [1.54, 1.807) is 35.1 Å². The Morgan fingerprint density at radius 1 is 1.11 bits per heavy atom. The molecule has 2 fully saturated rings. The summed E-state index contributed by atoms with van der Waals surface area (Å²) >= 11 is 0. The molecule has 0 bridgehead atoms. The molecule has 150 valence electrons. The number of hydrogen-bond acceptors (Lipinski definition) is 6. The van der Waals surface area contributed by atoms with Gasteiger partial charge in [-0.2, -0.15) is 0 Å². The second kappa shape index (κ2) is 9.25. The minimum atomic E-state index is -0.464. The number of amides is 2. The number of nitrogens with one attached hydrogen (secondary N) is 1. The van der Waals surface area contributed by atoms with Crippen LogP contribution in [0.4, 0.5) is 0 Å². The van der Waals surface area contributed by atoms with Crippen LogP contribution in [0.15, 0.2) is 18.2 Å². The Balaban J connectivity index is 0.00000261. The lowest BCUT2D eigenvalue weighted by atomic mass is 10.1. The molecule has 0 radical (unpaired) electrons. The lowest BCUT2D eigenvalue weighted by Crippen LogP contribution is -2.54. The van der Waals surface area contributed by atoms with Crippen LogP contribution in [-0.4, -0.2) is 85.8 Å². The number of halogens is 1. The maximum Gasteiger partial charge on any atom is 0.257 e. The number of methoxy groups -OCH3 is 2. The first-order valence-corrected chi connectivity index (χ1v) is 8.75. The molecule has 27 heavy (non-hydrogen) atoms. The van der Waals surface area contributed by atoms with Gasteiger partial charge in [-0.1, -0.05) is 0 Å². The van der Waals surface area contributed by atoms with Crippen LogP contribution in [0.25, 0.3) is 0 Å². The van der Waals surface area contributed by atoms with E-state index in [1.165, 1.54) is 7.11 Å². The second-order valence-electron chi connectivity index (χ2n) is 6.53. The summed E-state index contributed by atoms with van der Waals surface area (Å²) in [7, 11) is 3.08. The normalized spacial score (nSPS) is 22.2. The van der Waals surface area contributed by atoms with Gasteiger partial charge in [0, 0.05) is 38.8 Å². The molecule has 1 aromatic rings. The third-order valence-electron chi connectivity index (χ3n) is 4.92. The number of nitrogens with zero attached hydrogens (tertiary/aromatic N) is 2. The Morgan fingerprint density at radius 2 is 1.78 bits per heavy atom. The van der Waals surface area contributed by atoms with Crippen molar-refractivity contribution in [2.75, 3.05) is 46.9 Å². The van der Waals surface area contributed by atoms with E-state index in [-0.39, 0.29) is 30.3 Å². The van der Waals surface area contributed by atoms with Crippen LogP contribution in [-0.2, 0) is 4.79 Å². The largest absolute Gasteiger partial charge is 0.497 e. The molecular formula is C18H26ClN3O5. The molecule has 2 aliphatic rings. The molecule has 0 spiro atoms. The highest BCUT2D eigenvalue weighted by atomic mass is 35.5. The molecular weight excluding hydrogens is 374 g/mol. The molecule has 2 amide bonds. The van der Waals surface area contributed by atoms with Crippen LogP contribution in [0.1, 0.15) is 16.8 Å². The summed E-state index contributed by atoms with van der Waals surface area (Å²) in [4.78, 5) is 28.8. The predicted octanol–water partition coefficient (Wildman–Crippen LogP) is 0.133. The molecule has 2 N–H and O–H groups in total. The first-order valence-electron chi connectivity index (χ1n) is 8.75. The highest BCUT2D eigenvalue weighted by Crippen LogP contribution is 2.26. The third-order valence-corrected chi connectivity index (χ3v) is 4.92. The summed E-state index contributed by atoms with van der Waals surface area (Å²) in [6.45, 7) is 2.35. The zero-order valence-electron chi connectivity index (χ0n) is 15.5. The highest BCUT2D eigenvalue weighted by molar-refractivity contribution is 5.97. The number of carbonyl (C=O) groups excluding carboxylic acids is 2. The standard InChI is InChI=1S/C18H25N3O5.ClH/c1-25-13-3-4-14(16(10-13)26-2)17(23)20-5-7-21(8-6-20)18(24)15-9-12(22)11-19-15;/h3-4,10,12,15,19,22H,5-9,11H2,1-2H3;1H. The van der Waals surface area contributed by atoms with Crippen LogP contribution in [0.3, 0.4) is 0 Å². The smallest absolute Gasteiger partial charge is 0.257 e. The molecule has 2 aliphatic heterocycles. The van der Waals surface area contributed by atoms with Crippen LogP contribution in [0.5, 0.6) is 11.5 Å². The van der Waals surface area contributed by atoms with Crippen molar-refractivity contribution in [1.29, 1.82) is 0 Å². The number of aliphatic hydroxyl groups excluding tert-OH is 1. The average molecular weight is 400 g/mol. The number of benzene rings is 1. The van der Waals surface area contributed by atoms with Gasteiger partial charge in [0.15, 0.2) is 0 Å². The molecule has 2 heterocycles. The summed E-state index contributed by atoms with van der Waals surface area (Å²) in [6, 6.07) is 4.78. The SMILES string of the molecule is COc1ccc(C(=O)N2CCN(C(=O)C3CC(O)CN3)CC2)c(OC)c1.Cl. The summed E-state index contributed by atoms with van der Waals surface area (Å²) in [5, 5.41) is 12.6. The zero-order valence-corrected chi connectivity index (χ0v) is 16.3. The molecule has 3 rings (SSSR count). The zero-order chi connectivity index (χ0) is 18.7. The van der Waals surface area contributed by atoms with Crippen molar-refractivity contribution in [2.24, 2.45) is 0 Å². The van der Waals surface area contributed by atoms with Gasteiger partial charge in [-0.3, -0.25) is 9.59 Å². The Hall–Kier alpha value is -2.03. The van der Waals surface area contributed by atoms with Gasteiger partial charge < -0.3 is 29.7 Å². The van der Waals surface area contributed by atoms with Gasteiger partial charge in [-0.25, -0.2) is 0 Å². The lowest BCUT2D eigenvalue weighted by molar-refractivity contribution is -0.134. The van der Waals surface area contributed by atoms with Crippen molar-refractivity contribution in [3.63, 3.8) is 0 Å². The Labute approximate surface area is 164 Å². The van der Waals surface area contributed by atoms with Crippen molar-refractivity contribution in [3.8, 4) is 11.5 Å². The van der Waals surface area contributed by atoms with E-state index >= 15 is 0 Å². The Bertz CT molecular complexity index is 679. The van der Waals surface area contributed by atoms with E-state index in [0.29, 0.717) is 56.2 Å². The van der Waals surface area contributed by atoms with Crippen LogP contribution in [0, 0.1) is 0 Å². The highest BCUT2D eigenvalue weighted by Gasteiger charge is 2.33. The number of rotatable bonds is 4. The van der Waals surface area contributed by atoms with E-state index in [9.17, 15) is 14.7 Å². The van der Waals surface area contributed by atoms with Gasteiger partial charge in [-0.15, -0.1) is 12.4 Å². The molecule has 0 aliphatic carbocycles. The molecule has 2 saturated heterocycles. The fourth-order valence-electron chi connectivity index (χ4n) is 3.40. The lowest BCUT2D eigenvalue weighted by Gasteiger charge is -2.36. The molecule has 0 saturated carbocycles. The Morgan fingerprint density at radius 3 is 2.33 bits per heavy atom. The minimum Gasteiger partial charge on any atom is -0.497 e. The number of hydrogen-bond donors (Lipinski definition) is 2. The van der Waals surface area contributed by atoms with Crippen molar-refractivity contribution in [3.05, 3.63) is 23.8 Å². The van der Waals surface area contributed by atoms with E-state index < -0.39 is 6.10 Å². The number of ether oxygens (including phenoxy) is 2. The molecule has 1 aromatic carbocycles. The van der Waals surface area contributed by atoms with Crippen molar-refractivity contribution < 1.29 is 24.2 Å². The fourth-order valence-corrected chi connectivity index (χ4v) is 3.40. The number of aliphatic hydroxyl groups is 1. The summed E-state index contributed by atoms with van der Waals surface area (Å²) in [5.74, 6) is 0.971. The van der Waals surface area contributed by atoms with E-state index in [0.717, 1.165) is 0 Å². The monoisotopic (exact) mass is 399 g/mol. The van der Waals surface area contributed by atoms with Crippen LogP contribution in [0.2, 0.25) is 0 Å². The van der Waals surface area contributed by atoms with E-state index in [1.807, 2.05) is 0 Å². The third kappa shape index (κ3) is 4.63. The van der Waals surface area contributed by atoms with E-state index in [4.69, 9.17) is 9.47 Å². The number of carbonyl (C=O) groups is 2. The van der Waals surface area contributed by atoms with Gasteiger partial charge in [0.1, 0.15) is 11.5 Å². The molecule has 2 unspecified atom stereocenters. The second-order valence-corrected chi connectivity index (χ2v) is 6.53. The van der Waals surface area contributed by atoms with E-state index in [2.05, 4.69) is 5.32 Å². The van der Waals surface area contributed by atoms with Crippen molar-refractivity contribution in [2.45, 2.75) is 18.6 Å². The number of β-amino-alcohol motifs (C(OH)–C–C–N with tert-alkyl or cyclic N) is 1. The quantitative estimate of drug-likeness (QED) is 0.748. The van der Waals surface area contributed by atoms with Gasteiger partial charge in [0.2, 0.25) is 5.91 Å². The molecule has 2 atom stereocenters. The summed E-state index contributed by atoms with van der Waals surface area (Å²) < 4.78 is 10.5. The summed E-state index contributed by atoms with van der Waals surface area (Å²) in [5.41, 5.74) is 0.480. The average Bonchev–Trinajstić information content (AvgIpc) is 3.12. The first kappa shape index (κ1) is 21.3. The van der Waals surface area contributed by atoms with Gasteiger partial charge in [-0.05, 0) is 18.6 Å². The maximum absolute atomic E-state index is 12.8. The number of piperazine rings is 1. The molecule has 9 heteroatoms. The molecule has 8 nitrogen and oxygen atoms in total. The summed E-state index contributed by atoms with van der Waals surface area (Å²) in [6.07, 6.45) is -0.0181. The first-order chi connectivity index (χ1) is 12.5. The van der Waals surface area contributed by atoms with Gasteiger partial charge in [0.05, 0.1) is 31.9 Å². The van der Waals surface area contributed by atoms with Gasteiger partial charge in [0.25, 0.3) is 5.91 Å². The minimum absolute atomic E-state index is 0. The van der Waals surface area contributed by atoms with Crippen molar-refractivity contribution in [1.82, 2.24) is 15.1 Å². The van der Waals surface area contributed by atoms with Crippen LogP contribution >= 0.6 is 12.4 Å². The topological polar surface area (TPSA) is 91.3 Å². The predicted molar refractivity (Wildman–Crippen MR) is 102 cm³/mol. The Kier molecular flexibility index (Phi) is 7.29. The fraction of sp³-hybridized carbons (Fsp3) is 0.556. The van der Waals surface area contributed by atoms with Crippen LogP contribution < -0.4 is 14.8 Å².